The van der Waals surface area contributed by atoms with Crippen molar-refractivity contribution in [2.75, 3.05) is 11.8 Å². The van der Waals surface area contributed by atoms with Crippen LogP contribution in [0.5, 0.6) is 0 Å². The van der Waals surface area contributed by atoms with Gasteiger partial charge in [-0.05, 0) is 31.2 Å². The van der Waals surface area contributed by atoms with Crippen molar-refractivity contribution in [3.05, 3.63) is 29.8 Å². The minimum absolute atomic E-state index is 0.338. The summed E-state index contributed by atoms with van der Waals surface area (Å²) in [5, 5.41) is 0. The van der Waals surface area contributed by atoms with E-state index >= 15 is 0 Å². The highest BCUT2D eigenvalue weighted by Crippen LogP contribution is 2.15. The number of nitrogens with one attached hydrogen (secondary N) is 1. The highest BCUT2D eigenvalue weighted by molar-refractivity contribution is 7.94. The van der Waals surface area contributed by atoms with Crippen molar-refractivity contribution in [3.63, 3.8) is 0 Å². The van der Waals surface area contributed by atoms with E-state index in [2.05, 4.69) is 9.46 Å². The molecule has 0 aliphatic heterocycles. The molecule has 0 heterocycles. The van der Waals surface area contributed by atoms with Gasteiger partial charge >= 0.3 is 5.97 Å². The van der Waals surface area contributed by atoms with Crippen LogP contribution in [0.4, 0.5) is 5.69 Å². The van der Waals surface area contributed by atoms with Crippen LogP contribution in [0.25, 0.3) is 0 Å². The average Bonchev–Trinajstić information content (AvgIpc) is 2.28. The predicted molar refractivity (Wildman–Crippen MR) is 65.6 cm³/mol. The van der Waals surface area contributed by atoms with E-state index in [-0.39, 0.29) is 0 Å². The number of esters is 1. The second-order valence-corrected chi connectivity index (χ2v) is 6.17. The molecule has 1 unspecified atom stereocenters. The molecule has 1 aromatic carbocycles. The number of ether oxygens (including phenoxy) is 1. The summed E-state index contributed by atoms with van der Waals surface area (Å²) in [6.07, 6.45) is 0. The van der Waals surface area contributed by atoms with Crippen molar-refractivity contribution in [1.29, 1.82) is 0 Å². The molecule has 0 amide bonds. The molecule has 0 spiro atoms. The van der Waals surface area contributed by atoms with E-state index in [1.54, 1.807) is 0 Å². The molecule has 0 aliphatic rings. The number of carbonyl (C=O) groups is 1. The zero-order valence-electron chi connectivity index (χ0n) is 9.31. The maximum Gasteiger partial charge on any atom is 0.337 e. The number of benzene rings is 1. The van der Waals surface area contributed by atoms with E-state index in [0.717, 1.165) is 0 Å². The quantitative estimate of drug-likeness (QED) is 0.673. The Morgan fingerprint density at radius 3 is 2.29 bits per heavy atom. The number of anilines is 1. The summed E-state index contributed by atoms with van der Waals surface area (Å²) in [5.41, 5.74) is 0.680. The number of hydrogen-bond donors (Lipinski definition) is 1. The Hall–Kier alpha value is -1.27. The standard InChI is InChI=1S/C10H12ClNO4S/c1-7(11)17(14,15)12-9-5-3-8(4-6-9)10(13)16-2/h3-7,12H,1-2H3. The zero-order valence-corrected chi connectivity index (χ0v) is 10.9. The fourth-order valence-corrected chi connectivity index (χ4v) is 1.80. The summed E-state index contributed by atoms with van der Waals surface area (Å²) in [6.45, 7) is 1.35. The van der Waals surface area contributed by atoms with Gasteiger partial charge in [0.25, 0.3) is 0 Å². The molecule has 1 atom stereocenters. The molecule has 0 bridgehead atoms. The molecule has 0 radical (unpaired) electrons. The van der Waals surface area contributed by atoms with Gasteiger partial charge in [-0.15, -0.1) is 11.6 Å². The van der Waals surface area contributed by atoms with Crippen molar-refractivity contribution < 1.29 is 17.9 Å². The Labute approximate surface area is 105 Å². The first-order chi connectivity index (χ1) is 7.86. The Morgan fingerprint density at radius 1 is 1.35 bits per heavy atom. The fourth-order valence-electron chi connectivity index (χ4n) is 1.04. The smallest absolute Gasteiger partial charge is 0.337 e. The van der Waals surface area contributed by atoms with Gasteiger partial charge in [0.05, 0.1) is 12.7 Å². The van der Waals surface area contributed by atoms with E-state index in [1.165, 1.54) is 38.3 Å². The first-order valence-electron chi connectivity index (χ1n) is 4.71. The molecule has 5 nitrogen and oxygen atoms in total. The predicted octanol–water partition coefficient (Wildman–Crippen LogP) is 1.80. The molecule has 0 saturated carbocycles. The molecule has 1 aromatic rings. The van der Waals surface area contributed by atoms with Gasteiger partial charge in [0, 0.05) is 5.69 Å². The average molecular weight is 278 g/mol. The number of sulfonamides is 1. The minimum Gasteiger partial charge on any atom is -0.465 e. The third-order valence-electron chi connectivity index (χ3n) is 1.99. The maximum atomic E-state index is 11.4. The summed E-state index contributed by atoms with van der Waals surface area (Å²) in [6, 6.07) is 5.84. The van der Waals surface area contributed by atoms with Crippen LogP contribution >= 0.6 is 11.6 Å². The summed E-state index contributed by atoms with van der Waals surface area (Å²) in [5.74, 6) is -0.481. The first-order valence-corrected chi connectivity index (χ1v) is 6.69. The number of hydrogen-bond acceptors (Lipinski definition) is 4. The molecule has 7 heteroatoms. The van der Waals surface area contributed by atoms with Gasteiger partial charge in [0.1, 0.15) is 0 Å². The van der Waals surface area contributed by atoms with Gasteiger partial charge in [0.15, 0.2) is 4.71 Å². The molecular weight excluding hydrogens is 266 g/mol. The molecule has 0 fully saturated rings. The van der Waals surface area contributed by atoms with Gasteiger partial charge in [-0.2, -0.15) is 0 Å². The summed E-state index contributed by atoms with van der Waals surface area (Å²) < 4.78 is 28.6. The lowest BCUT2D eigenvalue weighted by Gasteiger charge is -2.09. The number of rotatable bonds is 4. The Bertz CT molecular complexity index is 496. The van der Waals surface area contributed by atoms with Crippen molar-refractivity contribution in [2.24, 2.45) is 0 Å². The third-order valence-corrected chi connectivity index (χ3v) is 4.07. The largest absolute Gasteiger partial charge is 0.465 e. The van der Waals surface area contributed by atoms with Crippen LogP contribution in [0.2, 0.25) is 0 Å². The van der Waals surface area contributed by atoms with Crippen LogP contribution in [0.3, 0.4) is 0 Å². The summed E-state index contributed by atoms with van der Waals surface area (Å²) >= 11 is 5.50. The van der Waals surface area contributed by atoms with Gasteiger partial charge in [0.2, 0.25) is 10.0 Å². The first kappa shape index (κ1) is 13.8. The monoisotopic (exact) mass is 277 g/mol. The molecule has 0 aromatic heterocycles. The Morgan fingerprint density at radius 2 is 1.88 bits per heavy atom. The van der Waals surface area contributed by atoms with Crippen molar-refractivity contribution in [3.8, 4) is 0 Å². The number of alkyl halides is 1. The molecule has 17 heavy (non-hydrogen) atoms. The number of methoxy groups -OCH3 is 1. The zero-order chi connectivity index (χ0) is 13.1. The minimum atomic E-state index is -3.59. The topological polar surface area (TPSA) is 72.5 Å². The maximum absolute atomic E-state index is 11.4. The van der Waals surface area contributed by atoms with Crippen LogP contribution < -0.4 is 4.72 Å². The molecule has 0 aliphatic carbocycles. The van der Waals surface area contributed by atoms with Crippen LogP contribution in [0.1, 0.15) is 17.3 Å². The van der Waals surface area contributed by atoms with E-state index < -0.39 is 20.7 Å². The normalized spacial score (nSPS) is 12.9. The highest BCUT2D eigenvalue weighted by atomic mass is 35.5. The van der Waals surface area contributed by atoms with Crippen molar-refractivity contribution in [2.45, 2.75) is 11.6 Å². The lowest BCUT2D eigenvalue weighted by molar-refractivity contribution is 0.0601. The third kappa shape index (κ3) is 3.61. The molecule has 94 valence electrons. The van der Waals surface area contributed by atoms with Gasteiger partial charge in [-0.3, -0.25) is 4.72 Å². The van der Waals surface area contributed by atoms with Gasteiger partial charge in [-0.1, -0.05) is 0 Å². The second kappa shape index (κ2) is 5.37. The fraction of sp³-hybridized carbons (Fsp3) is 0.300. The van der Waals surface area contributed by atoms with Crippen LogP contribution in [0.15, 0.2) is 24.3 Å². The highest BCUT2D eigenvalue weighted by Gasteiger charge is 2.17. The van der Waals surface area contributed by atoms with Gasteiger partial charge in [-0.25, -0.2) is 13.2 Å². The lowest BCUT2D eigenvalue weighted by Crippen LogP contribution is -2.20. The van der Waals surface area contributed by atoms with Crippen molar-refractivity contribution >= 4 is 33.3 Å². The van der Waals surface area contributed by atoms with Crippen LogP contribution in [-0.4, -0.2) is 26.2 Å². The SMILES string of the molecule is COC(=O)c1ccc(NS(=O)(=O)C(C)Cl)cc1. The second-order valence-electron chi connectivity index (χ2n) is 3.26. The Kier molecular flexibility index (Phi) is 4.36. The molecule has 1 rings (SSSR count). The van der Waals surface area contributed by atoms with E-state index in [9.17, 15) is 13.2 Å². The number of halogens is 1. The molecule has 0 saturated heterocycles. The van der Waals surface area contributed by atoms with E-state index in [1.807, 2.05) is 0 Å². The molecular formula is C10H12ClNO4S. The summed E-state index contributed by atoms with van der Waals surface area (Å²) in [7, 11) is -2.32. The lowest BCUT2D eigenvalue weighted by atomic mass is 10.2. The van der Waals surface area contributed by atoms with E-state index in [0.29, 0.717) is 11.3 Å². The Balaban J connectivity index is 2.86. The van der Waals surface area contributed by atoms with Crippen LogP contribution in [-0.2, 0) is 14.8 Å². The summed E-state index contributed by atoms with van der Waals surface area (Å²) in [4.78, 5) is 11.1. The van der Waals surface area contributed by atoms with E-state index in [4.69, 9.17) is 11.6 Å². The van der Waals surface area contributed by atoms with Crippen molar-refractivity contribution in [1.82, 2.24) is 0 Å². The number of carbonyl (C=O) groups excluding carboxylic acids is 1. The molecule has 1 N–H and O–H groups in total. The van der Waals surface area contributed by atoms with Crippen LogP contribution in [0, 0.1) is 0 Å². The van der Waals surface area contributed by atoms with Gasteiger partial charge < -0.3 is 4.74 Å².